The average molecular weight is 656 g/mol. The van der Waals surface area contributed by atoms with E-state index in [0.29, 0.717) is 38.5 Å². The van der Waals surface area contributed by atoms with Crippen molar-refractivity contribution in [1.29, 1.82) is 0 Å². The highest BCUT2D eigenvalue weighted by molar-refractivity contribution is 7.87. The molecular weight excluding hydrogens is 614 g/mol. The Labute approximate surface area is 270 Å². The summed E-state index contributed by atoms with van der Waals surface area (Å²) in [4.78, 5) is 15.9. The third-order valence-electron chi connectivity index (χ3n) is 10.5. The van der Waals surface area contributed by atoms with Crippen LogP contribution in [-0.4, -0.2) is 75.3 Å². The maximum Gasteiger partial charge on any atom is 0.304 e. The molecule has 5 aliphatic rings. The second-order valence-electron chi connectivity index (χ2n) is 13.4. The van der Waals surface area contributed by atoms with Crippen molar-refractivity contribution in [2.45, 2.75) is 69.0 Å². The molecule has 0 aromatic heterocycles. The number of amides is 1. The Hall–Kier alpha value is -2.63. The minimum atomic E-state index is -4.16. The van der Waals surface area contributed by atoms with Crippen LogP contribution >= 0.6 is 11.6 Å². The van der Waals surface area contributed by atoms with Crippen LogP contribution in [0.15, 0.2) is 48.6 Å². The third-order valence-corrected chi connectivity index (χ3v) is 12.2. The maximum atomic E-state index is 13.6. The number of nitrogens with zero attached hydrogens (tertiary/aromatic N) is 2. The predicted molar refractivity (Wildman–Crippen MR) is 173 cm³/mol. The first-order valence-electron chi connectivity index (χ1n) is 16.3. The Morgan fingerprint density at radius 1 is 1.11 bits per heavy atom. The van der Waals surface area contributed by atoms with Gasteiger partial charge in [-0.1, -0.05) is 29.8 Å². The monoisotopic (exact) mass is 655 g/mol. The number of rotatable bonds is 2. The fraction of sp³-hybridized carbons (Fsp3) is 0.559. The van der Waals surface area contributed by atoms with Gasteiger partial charge in [-0.15, -0.1) is 0 Å². The Morgan fingerprint density at radius 2 is 2.00 bits per heavy atom. The molecule has 2 aliphatic carbocycles. The van der Waals surface area contributed by atoms with E-state index in [1.165, 1.54) is 15.4 Å². The van der Waals surface area contributed by atoms with Crippen LogP contribution in [0.25, 0.3) is 0 Å². The first kappa shape index (κ1) is 31.0. The Kier molecular flexibility index (Phi) is 8.63. The summed E-state index contributed by atoms with van der Waals surface area (Å²) < 4.78 is 43.1. The predicted octanol–water partition coefficient (Wildman–Crippen LogP) is 4.62. The van der Waals surface area contributed by atoms with Crippen molar-refractivity contribution in [1.82, 2.24) is 9.03 Å². The van der Waals surface area contributed by atoms with E-state index in [2.05, 4.69) is 21.8 Å². The van der Waals surface area contributed by atoms with Crippen LogP contribution in [0.3, 0.4) is 0 Å². The molecular formula is C34H42ClN3O6S. The van der Waals surface area contributed by atoms with E-state index in [1.54, 1.807) is 18.2 Å². The molecule has 0 radical (unpaired) electrons. The molecule has 2 aromatic carbocycles. The number of nitrogens with one attached hydrogen (secondary N) is 1. The number of halogens is 1. The van der Waals surface area contributed by atoms with Gasteiger partial charge in [0.2, 0.25) is 0 Å². The Bertz CT molecular complexity index is 1580. The van der Waals surface area contributed by atoms with Crippen molar-refractivity contribution in [3.63, 3.8) is 0 Å². The van der Waals surface area contributed by atoms with Crippen molar-refractivity contribution in [2.24, 2.45) is 11.8 Å². The molecule has 1 saturated carbocycles. The highest BCUT2D eigenvalue weighted by Gasteiger charge is 2.44. The number of hydrogen-bond donors (Lipinski definition) is 2. The van der Waals surface area contributed by atoms with Crippen LogP contribution in [0.4, 0.5) is 5.69 Å². The molecule has 1 saturated heterocycles. The van der Waals surface area contributed by atoms with Crippen LogP contribution in [0.2, 0.25) is 5.02 Å². The van der Waals surface area contributed by atoms with Crippen LogP contribution in [0, 0.1) is 11.8 Å². The van der Waals surface area contributed by atoms with Gasteiger partial charge in [0.25, 0.3) is 5.91 Å². The largest absolute Gasteiger partial charge is 0.490 e. The number of aliphatic hydroxyl groups is 1. The van der Waals surface area contributed by atoms with Gasteiger partial charge in [-0.05, 0) is 105 Å². The van der Waals surface area contributed by atoms with Gasteiger partial charge in [-0.3, -0.25) is 4.79 Å². The standard InChI is InChI=1S/C34H42ClN3O6S/c35-26-10-12-29-23(17-26)5-3-14-34(29)21-37-19-25-8-11-28(25)31(39)7-1-2-15-38(20-27-6-4-16-43-27)45(41,42)36-33(40)24-9-13-32(44-22-34)30(37)18-24/h1,7,9-10,12-13,17-18,25,27-28,31,39H,2-6,8,11,14-16,19-22H2,(H,36,40)/b7-1+/t25-,27-,28+,31-,34-/m0/s1. The van der Waals surface area contributed by atoms with Gasteiger partial charge in [0.15, 0.2) is 0 Å². The SMILES string of the molecule is O=C1NS(=O)(=O)N(C[C@@H]2CCCO2)CC/C=C/[C@H](O)[C@@H]2CC[C@H]2CN2C[C@@]3(CCCc4cc(Cl)ccc43)COc3ccc1cc32. The molecule has 11 heteroatoms. The topological polar surface area (TPSA) is 108 Å². The molecule has 0 unspecified atom stereocenters. The minimum absolute atomic E-state index is 0.105. The molecule has 2 fully saturated rings. The zero-order valence-electron chi connectivity index (χ0n) is 25.5. The summed E-state index contributed by atoms with van der Waals surface area (Å²) in [6, 6.07) is 11.4. The van der Waals surface area contributed by atoms with Gasteiger partial charge in [0, 0.05) is 48.8 Å². The van der Waals surface area contributed by atoms with Gasteiger partial charge in [-0.25, -0.2) is 4.72 Å². The summed E-state index contributed by atoms with van der Waals surface area (Å²) in [5, 5.41) is 11.9. The number of aryl methyl sites for hydroxylation is 1. The molecule has 5 atom stereocenters. The lowest BCUT2D eigenvalue weighted by Crippen LogP contribution is -2.49. The normalized spacial score (nSPS) is 32.4. The Balaban J connectivity index is 1.26. The minimum Gasteiger partial charge on any atom is -0.490 e. The van der Waals surface area contributed by atoms with Crippen molar-refractivity contribution in [3.05, 3.63) is 70.3 Å². The fourth-order valence-corrected chi connectivity index (χ4v) is 9.36. The third kappa shape index (κ3) is 6.24. The van der Waals surface area contributed by atoms with E-state index in [0.717, 1.165) is 55.7 Å². The van der Waals surface area contributed by atoms with Crippen LogP contribution in [0.1, 0.15) is 66.4 Å². The number of carbonyl (C=O) groups is 1. The molecule has 7 rings (SSSR count). The van der Waals surface area contributed by atoms with Crippen molar-refractivity contribution >= 4 is 33.4 Å². The van der Waals surface area contributed by atoms with Crippen molar-refractivity contribution in [2.75, 3.05) is 44.3 Å². The van der Waals surface area contributed by atoms with Crippen LogP contribution in [0.5, 0.6) is 5.75 Å². The fourth-order valence-electron chi connectivity index (χ4n) is 7.97. The molecule has 1 amide bonds. The zero-order valence-corrected chi connectivity index (χ0v) is 27.1. The molecule has 2 bridgehead atoms. The lowest BCUT2D eigenvalue weighted by Gasteiger charge is -2.45. The zero-order chi connectivity index (χ0) is 31.2. The van der Waals surface area contributed by atoms with E-state index in [1.807, 2.05) is 18.2 Å². The lowest BCUT2D eigenvalue weighted by atomic mass is 9.68. The van der Waals surface area contributed by atoms with E-state index < -0.39 is 22.2 Å². The van der Waals surface area contributed by atoms with E-state index in [-0.39, 0.29) is 42.0 Å². The van der Waals surface area contributed by atoms with E-state index in [9.17, 15) is 18.3 Å². The lowest BCUT2D eigenvalue weighted by molar-refractivity contribution is 0.0456. The van der Waals surface area contributed by atoms with Crippen LogP contribution < -0.4 is 14.4 Å². The number of hydrogen-bond acceptors (Lipinski definition) is 7. The summed E-state index contributed by atoms with van der Waals surface area (Å²) in [7, 11) is -4.16. The second-order valence-corrected chi connectivity index (χ2v) is 15.5. The molecule has 3 heterocycles. The summed E-state index contributed by atoms with van der Waals surface area (Å²) in [6.45, 7) is 2.83. The number of benzene rings is 2. The smallest absolute Gasteiger partial charge is 0.304 e. The van der Waals surface area contributed by atoms with Gasteiger partial charge in [0.05, 0.1) is 24.5 Å². The maximum absolute atomic E-state index is 13.6. The Morgan fingerprint density at radius 3 is 2.80 bits per heavy atom. The summed E-state index contributed by atoms with van der Waals surface area (Å²) in [6.07, 6.45) is 9.83. The quantitative estimate of drug-likeness (QED) is 0.455. The second kappa shape index (κ2) is 12.5. The molecule has 1 spiro atoms. The van der Waals surface area contributed by atoms with E-state index >= 15 is 0 Å². The number of anilines is 1. The highest BCUT2D eigenvalue weighted by atomic mass is 35.5. The van der Waals surface area contributed by atoms with Gasteiger partial charge < -0.3 is 19.5 Å². The summed E-state index contributed by atoms with van der Waals surface area (Å²) in [5.41, 5.74) is 3.26. The van der Waals surface area contributed by atoms with Gasteiger partial charge in [-0.2, -0.15) is 12.7 Å². The molecule has 242 valence electrons. The van der Waals surface area contributed by atoms with Crippen molar-refractivity contribution in [3.8, 4) is 5.75 Å². The number of ether oxygens (including phenoxy) is 2. The number of fused-ring (bicyclic) bond motifs is 4. The molecule has 2 aromatic rings. The number of aliphatic hydroxyl groups excluding tert-OH is 1. The van der Waals surface area contributed by atoms with E-state index in [4.69, 9.17) is 21.1 Å². The summed E-state index contributed by atoms with van der Waals surface area (Å²) in [5.74, 6) is 0.368. The van der Waals surface area contributed by atoms with Crippen molar-refractivity contribution < 1.29 is 27.8 Å². The molecule has 45 heavy (non-hydrogen) atoms. The van der Waals surface area contributed by atoms with Crippen LogP contribution in [-0.2, 0) is 26.8 Å². The number of carbonyl (C=O) groups excluding carboxylic acids is 1. The van der Waals surface area contributed by atoms with Gasteiger partial charge in [0.1, 0.15) is 5.75 Å². The highest BCUT2D eigenvalue weighted by Crippen LogP contribution is 2.46. The van der Waals surface area contributed by atoms with Gasteiger partial charge >= 0.3 is 10.2 Å². The summed E-state index contributed by atoms with van der Waals surface area (Å²) >= 11 is 6.40. The molecule has 2 N–H and O–H groups in total. The average Bonchev–Trinajstić information content (AvgIpc) is 3.46. The molecule has 3 aliphatic heterocycles. The first-order valence-corrected chi connectivity index (χ1v) is 18.1. The first-order chi connectivity index (χ1) is 21.7. The molecule has 9 nitrogen and oxygen atoms in total.